The third-order valence-corrected chi connectivity index (χ3v) is 3.33. The minimum absolute atomic E-state index is 0.0623. The van der Waals surface area contributed by atoms with Gasteiger partial charge in [-0.15, -0.1) is 0 Å². The molecule has 0 saturated carbocycles. The van der Waals surface area contributed by atoms with Crippen molar-refractivity contribution in [1.29, 1.82) is 0 Å². The molecule has 0 fully saturated rings. The number of unbranched alkanes of at least 4 members (excludes halogenated alkanes) is 5. The molecule has 0 N–H and O–H groups in total. The van der Waals surface area contributed by atoms with E-state index in [2.05, 4.69) is 26.5 Å². The van der Waals surface area contributed by atoms with Gasteiger partial charge < -0.3 is 0 Å². The zero-order chi connectivity index (χ0) is 14.3. The van der Waals surface area contributed by atoms with Crippen molar-refractivity contribution >= 4 is 18.6 Å². The van der Waals surface area contributed by atoms with E-state index in [9.17, 15) is 4.79 Å². The predicted molar refractivity (Wildman–Crippen MR) is 82.3 cm³/mol. The van der Waals surface area contributed by atoms with Gasteiger partial charge in [-0.05, 0) is 12.8 Å². The third kappa shape index (κ3) is 12.6. The molecule has 0 aromatic rings. The lowest BCUT2D eigenvalue weighted by molar-refractivity contribution is -0.300. The highest BCUT2D eigenvalue weighted by molar-refractivity contribution is 7.80. The molecule has 0 radical (unpaired) electrons. The van der Waals surface area contributed by atoms with Gasteiger partial charge in [-0.25, -0.2) is 4.79 Å². The van der Waals surface area contributed by atoms with Crippen LogP contribution in [0.1, 0.15) is 78.1 Å². The van der Waals surface area contributed by atoms with E-state index in [-0.39, 0.29) is 12.1 Å². The van der Waals surface area contributed by atoms with E-state index in [1.54, 1.807) is 0 Å². The van der Waals surface area contributed by atoms with Crippen LogP contribution < -0.4 is 0 Å². The van der Waals surface area contributed by atoms with Gasteiger partial charge in [0.1, 0.15) is 6.10 Å². The van der Waals surface area contributed by atoms with Crippen molar-refractivity contribution in [3.8, 4) is 0 Å². The molecule has 3 nitrogen and oxygen atoms in total. The number of carbonyl (C=O) groups excluding carboxylic acids is 1. The topological polar surface area (TPSA) is 35.5 Å². The van der Waals surface area contributed by atoms with Crippen molar-refractivity contribution in [1.82, 2.24) is 0 Å². The first-order valence-corrected chi connectivity index (χ1v) is 8.34. The molecule has 0 heterocycles. The second-order valence-electron chi connectivity index (χ2n) is 4.99. The normalized spacial score (nSPS) is 12.4. The molecule has 1 atom stereocenters. The van der Waals surface area contributed by atoms with E-state index in [1.807, 2.05) is 0 Å². The van der Waals surface area contributed by atoms with E-state index in [0.29, 0.717) is 12.2 Å². The Morgan fingerprint density at radius 2 is 1.58 bits per heavy atom. The van der Waals surface area contributed by atoms with Crippen LogP contribution in [0, 0.1) is 0 Å². The van der Waals surface area contributed by atoms with Gasteiger partial charge in [0.25, 0.3) is 0 Å². The molecule has 0 aromatic carbocycles. The van der Waals surface area contributed by atoms with Crippen LogP contribution >= 0.6 is 12.6 Å². The largest absolute Gasteiger partial charge is 0.343 e. The second kappa shape index (κ2) is 14.2. The zero-order valence-corrected chi connectivity index (χ0v) is 13.4. The van der Waals surface area contributed by atoms with Crippen molar-refractivity contribution in [3.63, 3.8) is 0 Å². The molecule has 0 aliphatic carbocycles. The van der Waals surface area contributed by atoms with Crippen LogP contribution in [0.3, 0.4) is 0 Å². The Balaban J connectivity index is 3.84. The SMILES string of the molecule is CCCCCCC(CCCCC)OOC(=O)CCS. The Morgan fingerprint density at radius 1 is 1.00 bits per heavy atom. The minimum atomic E-state index is -0.316. The van der Waals surface area contributed by atoms with Crippen LogP contribution in [-0.2, 0) is 14.6 Å². The molecule has 0 rings (SSSR count). The van der Waals surface area contributed by atoms with Crippen molar-refractivity contribution in [3.05, 3.63) is 0 Å². The molecule has 0 aliphatic heterocycles. The summed E-state index contributed by atoms with van der Waals surface area (Å²) in [6.45, 7) is 4.39. The summed E-state index contributed by atoms with van der Waals surface area (Å²) in [6, 6.07) is 0. The average molecular weight is 290 g/mol. The molecule has 0 amide bonds. The van der Waals surface area contributed by atoms with Gasteiger partial charge >= 0.3 is 5.97 Å². The van der Waals surface area contributed by atoms with Crippen LogP contribution in [0.15, 0.2) is 0 Å². The lowest BCUT2D eigenvalue weighted by Crippen LogP contribution is -2.17. The van der Waals surface area contributed by atoms with Crippen molar-refractivity contribution in [2.24, 2.45) is 0 Å². The van der Waals surface area contributed by atoms with Gasteiger partial charge in [0, 0.05) is 5.75 Å². The highest BCUT2D eigenvalue weighted by atomic mass is 32.1. The summed E-state index contributed by atoms with van der Waals surface area (Å²) in [5.41, 5.74) is 0. The summed E-state index contributed by atoms with van der Waals surface area (Å²) in [4.78, 5) is 21.4. The zero-order valence-electron chi connectivity index (χ0n) is 12.5. The molecule has 19 heavy (non-hydrogen) atoms. The van der Waals surface area contributed by atoms with Gasteiger partial charge in [0.05, 0.1) is 6.42 Å². The smallest absolute Gasteiger partial charge is 0.298 e. The summed E-state index contributed by atoms with van der Waals surface area (Å²) in [6.07, 6.45) is 10.8. The van der Waals surface area contributed by atoms with Crippen molar-refractivity contribution in [2.45, 2.75) is 84.2 Å². The molecule has 4 heteroatoms. The highest BCUT2D eigenvalue weighted by Crippen LogP contribution is 2.15. The van der Waals surface area contributed by atoms with Crippen LogP contribution in [0.25, 0.3) is 0 Å². The quantitative estimate of drug-likeness (QED) is 0.231. The molecular weight excluding hydrogens is 260 g/mol. The Bertz CT molecular complexity index is 210. The summed E-state index contributed by atoms with van der Waals surface area (Å²) in [5, 5.41) is 0. The number of thiol groups is 1. The van der Waals surface area contributed by atoms with E-state index in [0.717, 1.165) is 25.7 Å². The predicted octanol–water partition coefficient (Wildman–Crippen LogP) is 4.70. The summed E-state index contributed by atoms with van der Waals surface area (Å²) >= 11 is 4.00. The summed E-state index contributed by atoms with van der Waals surface area (Å²) in [5.74, 6) is 0.184. The first-order valence-electron chi connectivity index (χ1n) is 7.71. The maximum Gasteiger partial charge on any atom is 0.343 e. The molecule has 0 saturated heterocycles. The van der Waals surface area contributed by atoms with Crippen LogP contribution in [0.5, 0.6) is 0 Å². The number of hydrogen-bond acceptors (Lipinski definition) is 4. The Kier molecular flexibility index (Phi) is 14.0. The maximum atomic E-state index is 11.3. The lowest BCUT2D eigenvalue weighted by Gasteiger charge is -2.15. The Hall–Kier alpha value is -0.220. The van der Waals surface area contributed by atoms with Crippen molar-refractivity contribution < 1.29 is 14.6 Å². The molecule has 0 aliphatic rings. The van der Waals surface area contributed by atoms with Crippen LogP contribution in [0.2, 0.25) is 0 Å². The lowest BCUT2D eigenvalue weighted by atomic mass is 10.0. The standard InChI is InChI=1S/C15H30O3S/c1-3-5-7-9-11-14(10-8-6-4-2)17-18-15(16)12-13-19/h14,19H,3-13H2,1-2H3. The van der Waals surface area contributed by atoms with Gasteiger partial charge in [0.2, 0.25) is 0 Å². The van der Waals surface area contributed by atoms with E-state index < -0.39 is 0 Å². The number of carbonyl (C=O) groups is 1. The third-order valence-electron chi connectivity index (χ3n) is 3.10. The van der Waals surface area contributed by atoms with Crippen molar-refractivity contribution in [2.75, 3.05) is 5.75 Å². The maximum absolute atomic E-state index is 11.3. The highest BCUT2D eigenvalue weighted by Gasteiger charge is 2.13. The van der Waals surface area contributed by atoms with Gasteiger partial charge in [-0.3, -0.25) is 4.89 Å². The Morgan fingerprint density at radius 3 is 2.16 bits per heavy atom. The first kappa shape index (κ1) is 18.8. The van der Waals surface area contributed by atoms with Crippen LogP contribution in [-0.4, -0.2) is 17.8 Å². The molecular formula is C15H30O3S. The fourth-order valence-electron chi connectivity index (χ4n) is 1.92. The molecule has 1 unspecified atom stereocenters. The molecule has 114 valence electrons. The fourth-order valence-corrected chi connectivity index (χ4v) is 2.10. The Labute approximate surface area is 123 Å². The van der Waals surface area contributed by atoms with E-state index in [1.165, 1.54) is 32.1 Å². The molecule has 0 spiro atoms. The summed E-state index contributed by atoms with van der Waals surface area (Å²) < 4.78 is 0. The van der Waals surface area contributed by atoms with Gasteiger partial charge in [-0.2, -0.15) is 17.5 Å². The van der Waals surface area contributed by atoms with Gasteiger partial charge in [0.15, 0.2) is 0 Å². The van der Waals surface area contributed by atoms with E-state index >= 15 is 0 Å². The first-order chi connectivity index (χ1) is 9.24. The number of hydrogen-bond donors (Lipinski definition) is 1. The van der Waals surface area contributed by atoms with Crippen LogP contribution in [0.4, 0.5) is 0 Å². The minimum Gasteiger partial charge on any atom is -0.298 e. The second-order valence-corrected chi connectivity index (χ2v) is 5.44. The fraction of sp³-hybridized carbons (Fsp3) is 0.933. The molecule has 0 bridgehead atoms. The molecule has 0 aromatic heterocycles. The monoisotopic (exact) mass is 290 g/mol. The number of rotatable bonds is 13. The average Bonchev–Trinajstić information content (AvgIpc) is 2.40. The summed E-state index contributed by atoms with van der Waals surface area (Å²) in [7, 11) is 0. The van der Waals surface area contributed by atoms with E-state index in [4.69, 9.17) is 9.78 Å². The van der Waals surface area contributed by atoms with Gasteiger partial charge in [-0.1, -0.05) is 58.8 Å².